The Labute approximate surface area is 174 Å². The van der Waals surface area contributed by atoms with Crippen LogP contribution in [0.15, 0.2) is 65.2 Å². The second-order valence-electron chi connectivity index (χ2n) is 8.68. The van der Waals surface area contributed by atoms with E-state index in [4.69, 9.17) is 9.73 Å². The van der Waals surface area contributed by atoms with Crippen molar-refractivity contribution in [3.63, 3.8) is 0 Å². The fourth-order valence-corrected chi connectivity index (χ4v) is 5.24. The van der Waals surface area contributed by atoms with E-state index >= 15 is 0 Å². The average Bonchev–Trinajstić information content (AvgIpc) is 3.11. The fraction of sp³-hybridized carbons (Fsp3) is 0.423. The molecule has 4 rings (SSSR count). The molecule has 1 atom stereocenters. The summed E-state index contributed by atoms with van der Waals surface area (Å²) >= 11 is 0. The van der Waals surface area contributed by atoms with Crippen molar-refractivity contribution in [2.45, 2.75) is 63.3 Å². The number of allylic oxidation sites excluding steroid dienone is 1. The minimum absolute atomic E-state index is 0.0524. The van der Waals surface area contributed by atoms with Gasteiger partial charge in [0.15, 0.2) is 0 Å². The molecule has 1 saturated carbocycles. The minimum Gasteiger partial charge on any atom is -0.508 e. The summed E-state index contributed by atoms with van der Waals surface area (Å²) in [6, 6.07) is 16.1. The molecule has 0 bridgehead atoms. The summed E-state index contributed by atoms with van der Waals surface area (Å²) in [6.45, 7) is 4.86. The van der Waals surface area contributed by atoms with Gasteiger partial charge < -0.3 is 9.84 Å². The zero-order valence-electron chi connectivity index (χ0n) is 17.5. The van der Waals surface area contributed by atoms with E-state index < -0.39 is 0 Å². The molecule has 29 heavy (non-hydrogen) atoms. The van der Waals surface area contributed by atoms with E-state index in [0.717, 1.165) is 25.0 Å². The molecule has 0 aromatic heterocycles. The van der Waals surface area contributed by atoms with Gasteiger partial charge in [0.05, 0.1) is 12.1 Å². The van der Waals surface area contributed by atoms with Gasteiger partial charge in [-0.1, -0.05) is 49.6 Å². The molecule has 0 spiro atoms. The second kappa shape index (κ2) is 8.06. The summed E-state index contributed by atoms with van der Waals surface area (Å²) in [5.74, 6) is 1.24. The summed E-state index contributed by atoms with van der Waals surface area (Å²) < 4.78 is 6.16. The van der Waals surface area contributed by atoms with Crippen molar-refractivity contribution in [2.75, 3.05) is 6.61 Å². The Hall–Kier alpha value is -2.55. The van der Waals surface area contributed by atoms with E-state index in [0.29, 0.717) is 12.4 Å². The average molecular weight is 390 g/mol. The first kappa shape index (κ1) is 19.8. The van der Waals surface area contributed by atoms with Gasteiger partial charge in [0.25, 0.3) is 0 Å². The lowest BCUT2D eigenvalue weighted by Gasteiger charge is -2.49. The van der Waals surface area contributed by atoms with E-state index in [-0.39, 0.29) is 11.0 Å². The molecule has 1 aliphatic carbocycles. The Morgan fingerprint density at radius 2 is 1.76 bits per heavy atom. The molecular formula is C26H31NO2. The third-order valence-corrected chi connectivity index (χ3v) is 6.66. The number of phenols is 1. The zero-order chi connectivity index (χ0) is 20.3. The topological polar surface area (TPSA) is 41.8 Å². The lowest BCUT2D eigenvalue weighted by Crippen LogP contribution is -2.50. The largest absolute Gasteiger partial charge is 0.508 e. The summed E-state index contributed by atoms with van der Waals surface area (Å²) in [6.07, 6.45) is 11.2. The fourth-order valence-electron chi connectivity index (χ4n) is 5.24. The highest BCUT2D eigenvalue weighted by atomic mass is 16.5. The highest BCUT2D eigenvalue weighted by Gasteiger charge is 2.52. The van der Waals surface area contributed by atoms with Crippen molar-refractivity contribution in [1.29, 1.82) is 0 Å². The maximum atomic E-state index is 9.84. The molecule has 3 nitrogen and oxygen atoms in total. The van der Waals surface area contributed by atoms with Gasteiger partial charge in [-0.3, -0.25) is 4.99 Å². The van der Waals surface area contributed by atoms with Gasteiger partial charge in [-0.05, 0) is 67.7 Å². The molecular weight excluding hydrogens is 358 g/mol. The van der Waals surface area contributed by atoms with Crippen molar-refractivity contribution in [3.8, 4) is 11.5 Å². The molecule has 1 unspecified atom stereocenters. The van der Waals surface area contributed by atoms with Crippen molar-refractivity contribution in [2.24, 2.45) is 4.99 Å². The van der Waals surface area contributed by atoms with Crippen LogP contribution in [0.5, 0.6) is 11.5 Å². The summed E-state index contributed by atoms with van der Waals surface area (Å²) in [4.78, 5) is 5.13. The lowest BCUT2D eigenvalue weighted by molar-refractivity contribution is 0.160. The molecule has 1 fully saturated rings. The van der Waals surface area contributed by atoms with Crippen molar-refractivity contribution in [3.05, 3.63) is 71.3 Å². The molecule has 3 heteroatoms. The monoisotopic (exact) mass is 389 g/mol. The third kappa shape index (κ3) is 3.83. The van der Waals surface area contributed by atoms with E-state index in [2.05, 4.69) is 44.2 Å². The van der Waals surface area contributed by atoms with Crippen LogP contribution < -0.4 is 4.74 Å². The Bertz CT molecular complexity index is 907. The van der Waals surface area contributed by atoms with Crippen molar-refractivity contribution in [1.82, 2.24) is 0 Å². The number of hydrogen-bond donors (Lipinski definition) is 1. The van der Waals surface area contributed by atoms with Crippen molar-refractivity contribution >= 4 is 6.21 Å². The summed E-state index contributed by atoms with van der Waals surface area (Å²) in [7, 11) is 0. The van der Waals surface area contributed by atoms with E-state index in [9.17, 15) is 5.11 Å². The Balaban J connectivity index is 1.66. The molecule has 0 amide bonds. The van der Waals surface area contributed by atoms with Gasteiger partial charge in [0, 0.05) is 18.1 Å². The van der Waals surface area contributed by atoms with Gasteiger partial charge >= 0.3 is 0 Å². The van der Waals surface area contributed by atoms with E-state index in [1.54, 1.807) is 0 Å². The van der Waals surface area contributed by atoms with Crippen LogP contribution in [0.25, 0.3) is 0 Å². The molecule has 1 heterocycles. The third-order valence-electron chi connectivity index (χ3n) is 6.66. The number of hydrogen-bond acceptors (Lipinski definition) is 3. The minimum atomic E-state index is -0.293. The van der Waals surface area contributed by atoms with Gasteiger partial charge in [-0.15, -0.1) is 0 Å². The molecule has 1 aliphatic heterocycles. The molecule has 2 aromatic carbocycles. The first-order chi connectivity index (χ1) is 14.0. The van der Waals surface area contributed by atoms with Gasteiger partial charge in [0.1, 0.15) is 11.5 Å². The van der Waals surface area contributed by atoms with Crippen LogP contribution in [-0.2, 0) is 5.41 Å². The number of aryl methyl sites for hydroxylation is 1. The summed E-state index contributed by atoms with van der Waals surface area (Å²) in [5.41, 5.74) is 3.37. The van der Waals surface area contributed by atoms with Crippen LogP contribution in [0, 0.1) is 6.92 Å². The Morgan fingerprint density at radius 1 is 1.00 bits per heavy atom. The molecule has 0 radical (unpaired) electrons. The number of rotatable bonds is 6. The second-order valence-corrected chi connectivity index (χ2v) is 8.68. The highest BCUT2D eigenvalue weighted by molar-refractivity contribution is 5.82. The summed E-state index contributed by atoms with van der Waals surface area (Å²) in [5, 5.41) is 9.84. The zero-order valence-corrected chi connectivity index (χ0v) is 17.5. The van der Waals surface area contributed by atoms with Gasteiger partial charge in [-0.2, -0.15) is 0 Å². The van der Waals surface area contributed by atoms with E-state index in [1.165, 1.54) is 36.0 Å². The van der Waals surface area contributed by atoms with Crippen LogP contribution >= 0.6 is 0 Å². The standard InChI is InChI=1S/C26H31NO2/c1-20-7-6-8-24(17-20)29-16-15-26(18-21(2)19-27-26)25(13-4-3-5-14-25)22-9-11-23(28)12-10-22/h6-12,17-19,28H,3-5,13-16H2,1-2H3. The van der Waals surface area contributed by atoms with Crippen LogP contribution in [0.1, 0.15) is 56.6 Å². The smallest absolute Gasteiger partial charge is 0.119 e. The molecule has 2 aliphatic rings. The van der Waals surface area contributed by atoms with Gasteiger partial charge in [-0.25, -0.2) is 0 Å². The van der Waals surface area contributed by atoms with Crippen LogP contribution in [-0.4, -0.2) is 23.5 Å². The number of ether oxygens (including phenoxy) is 1. The maximum absolute atomic E-state index is 9.84. The SMILES string of the molecule is CC1=CC(CCOc2cccc(C)c2)(C2(c3ccc(O)cc3)CCCCC2)N=C1. The highest BCUT2D eigenvalue weighted by Crippen LogP contribution is 2.53. The Morgan fingerprint density at radius 3 is 2.41 bits per heavy atom. The van der Waals surface area contributed by atoms with Crippen LogP contribution in [0.2, 0.25) is 0 Å². The molecule has 1 N–H and O–H groups in total. The number of aliphatic imine (C=N–C) groups is 1. The Kier molecular flexibility index (Phi) is 5.49. The van der Waals surface area contributed by atoms with Crippen molar-refractivity contribution < 1.29 is 9.84 Å². The number of benzene rings is 2. The predicted molar refractivity (Wildman–Crippen MR) is 119 cm³/mol. The quantitative estimate of drug-likeness (QED) is 0.644. The van der Waals surface area contributed by atoms with Crippen LogP contribution in [0.3, 0.4) is 0 Å². The molecule has 0 saturated heterocycles. The molecule has 152 valence electrons. The first-order valence-corrected chi connectivity index (χ1v) is 10.8. The predicted octanol–water partition coefficient (Wildman–Crippen LogP) is 6.14. The first-order valence-electron chi connectivity index (χ1n) is 10.8. The normalized spacial score (nSPS) is 23.0. The number of nitrogens with zero attached hydrogens (tertiary/aromatic N) is 1. The van der Waals surface area contributed by atoms with Crippen LogP contribution in [0.4, 0.5) is 0 Å². The maximum Gasteiger partial charge on any atom is 0.119 e. The lowest BCUT2D eigenvalue weighted by atomic mass is 9.57. The van der Waals surface area contributed by atoms with E-state index in [1.807, 2.05) is 30.5 Å². The number of aromatic hydroxyl groups is 1. The molecule has 2 aromatic rings. The number of phenolic OH excluding ortho intramolecular Hbond substituents is 1. The van der Waals surface area contributed by atoms with Gasteiger partial charge in [0.2, 0.25) is 0 Å².